The van der Waals surface area contributed by atoms with Crippen molar-refractivity contribution in [2.24, 2.45) is 5.92 Å². The molecule has 0 spiro atoms. The smallest absolute Gasteiger partial charge is 0.231 e. The first-order valence-corrected chi connectivity index (χ1v) is 9.44. The molecule has 1 amide bonds. The lowest BCUT2D eigenvalue weighted by Crippen LogP contribution is -2.27. The van der Waals surface area contributed by atoms with Crippen LogP contribution in [0.25, 0.3) is 0 Å². The van der Waals surface area contributed by atoms with Gasteiger partial charge in [-0.1, -0.05) is 24.9 Å². The Kier molecular flexibility index (Phi) is 6.24. The lowest BCUT2D eigenvalue weighted by atomic mass is 10.1. The van der Waals surface area contributed by atoms with Gasteiger partial charge in [0.1, 0.15) is 0 Å². The highest BCUT2D eigenvalue weighted by Gasteiger charge is 2.30. The number of hydrogen-bond acceptors (Lipinski definition) is 5. The number of hydrogen-bond donors (Lipinski definition) is 0. The number of carbonyl (C=O) groups is 1. The van der Waals surface area contributed by atoms with E-state index in [4.69, 9.17) is 9.26 Å². The predicted octanol–water partition coefficient (Wildman–Crippen LogP) is 2.93. The molecule has 2 aliphatic rings. The summed E-state index contributed by atoms with van der Waals surface area (Å²) in [5.74, 6) is 2.56. The van der Waals surface area contributed by atoms with Crippen LogP contribution in [0.5, 0.6) is 0 Å². The van der Waals surface area contributed by atoms with E-state index in [0.29, 0.717) is 31.9 Å². The van der Waals surface area contributed by atoms with E-state index in [1.165, 1.54) is 25.7 Å². The zero-order chi connectivity index (χ0) is 16.8. The molecule has 2 fully saturated rings. The van der Waals surface area contributed by atoms with Crippen LogP contribution in [0.15, 0.2) is 4.52 Å². The molecule has 1 aromatic heterocycles. The second kappa shape index (κ2) is 8.60. The minimum Gasteiger partial charge on any atom is -0.381 e. The van der Waals surface area contributed by atoms with E-state index in [9.17, 15) is 4.79 Å². The first-order chi connectivity index (χ1) is 11.8. The molecule has 0 N–H and O–H groups in total. The van der Waals surface area contributed by atoms with Crippen molar-refractivity contribution >= 4 is 5.91 Å². The monoisotopic (exact) mass is 335 g/mol. The number of nitrogens with zero attached hydrogens (tertiary/aromatic N) is 3. The van der Waals surface area contributed by atoms with Crippen molar-refractivity contribution in [3.8, 4) is 0 Å². The molecule has 0 bridgehead atoms. The largest absolute Gasteiger partial charge is 0.381 e. The second-order valence-corrected chi connectivity index (χ2v) is 7.10. The maximum Gasteiger partial charge on any atom is 0.231 e. The molecule has 6 nitrogen and oxygen atoms in total. The van der Waals surface area contributed by atoms with Crippen molar-refractivity contribution in [1.82, 2.24) is 15.0 Å². The topological polar surface area (TPSA) is 68.5 Å². The van der Waals surface area contributed by atoms with Gasteiger partial charge in [-0.3, -0.25) is 4.79 Å². The van der Waals surface area contributed by atoms with E-state index < -0.39 is 0 Å². The van der Waals surface area contributed by atoms with Gasteiger partial charge in [0.2, 0.25) is 11.8 Å². The van der Waals surface area contributed by atoms with Crippen LogP contribution in [0.4, 0.5) is 0 Å². The van der Waals surface area contributed by atoms with Crippen LogP contribution in [-0.4, -0.2) is 47.3 Å². The lowest BCUT2D eigenvalue weighted by molar-refractivity contribution is -0.130. The van der Waals surface area contributed by atoms with Crippen molar-refractivity contribution < 1.29 is 14.1 Å². The van der Waals surface area contributed by atoms with Gasteiger partial charge in [0.05, 0.1) is 12.5 Å². The molecule has 1 aliphatic heterocycles. The van der Waals surface area contributed by atoms with Crippen molar-refractivity contribution in [3.63, 3.8) is 0 Å². The van der Waals surface area contributed by atoms with E-state index in [1.54, 1.807) is 0 Å². The summed E-state index contributed by atoms with van der Waals surface area (Å²) in [6.07, 6.45) is 8.44. The lowest BCUT2D eigenvalue weighted by Gasteiger charge is -2.14. The zero-order valence-corrected chi connectivity index (χ0v) is 14.7. The number of amides is 1. The average molecular weight is 335 g/mol. The molecule has 1 aliphatic carbocycles. The van der Waals surface area contributed by atoms with Crippen LogP contribution >= 0.6 is 0 Å². The van der Waals surface area contributed by atoms with Gasteiger partial charge in [0.15, 0.2) is 5.82 Å². The summed E-state index contributed by atoms with van der Waals surface area (Å²) in [5, 5.41) is 4.07. The predicted molar refractivity (Wildman–Crippen MR) is 89.6 cm³/mol. The molecule has 0 radical (unpaired) electrons. The molecular formula is C18H29N3O3. The summed E-state index contributed by atoms with van der Waals surface area (Å²) in [6.45, 7) is 5.05. The number of ether oxygens (including phenoxy) is 1. The SMILES string of the molecule is CCCC(=O)N1CCC(c2nc(CCOCC3CCCC3)no2)C1. The van der Waals surface area contributed by atoms with Crippen molar-refractivity contribution in [3.05, 3.63) is 11.7 Å². The van der Waals surface area contributed by atoms with Crippen molar-refractivity contribution in [1.29, 1.82) is 0 Å². The standard InChI is InChI=1S/C18H29N3O3/c1-2-5-17(22)21-10-8-15(12-21)18-19-16(20-24-18)9-11-23-13-14-6-3-4-7-14/h14-15H,2-13H2,1H3. The molecule has 1 saturated carbocycles. The van der Waals surface area contributed by atoms with Gasteiger partial charge in [-0.15, -0.1) is 0 Å². The van der Waals surface area contributed by atoms with E-state index >= 15 is 0 Å². The Morgan fingerprint density at radius 1 is 1.33 bits per heavy atom. The third kappa shape index (κ3) is 4.56. The maximum absolute atomic E-state index is 12.0. The quantitative estimate of drug-likeness (QED) is 0.683. The van der Waals surface area contributed by atoms with Crippen LogP contribution in [0.1, 0.15) is 69.5 Å². The Labute approximate surface area is 143 Å². The third-order valence-electron chi connectivity index (χ3n) is 5.14. The third-order valence-corrected chi connectivity index (χ3v) is 5.14. The van der Waals surface area contributed by atoms with Crippen LogP contribution in [0.2, 0.25) is 0 Å². The second-order valence-electron chi connectivity index (χ2n) is 7.10. The minimum atomic E-state index is 0.187. The van der Waals surface area contributed by atoms with Crippen LogP contribution in [0.3, 0.4) is 0 Å². The Bertz CT molecular complexity index is 525. The molecule has 0 aromatic carbocycles. The fourth-order valence-electron chi connectivity index (χ4n) is 3.69. The van der Waals surface area contributed by atoms with Gasteiger partial charge >= 0.3 is 0 Å². The summed E-state index contributed by atoms with van der Waals surface area (Å²) < 4.78 is 11.2. The van der Waals surface area contributed by atoms with Crippen LogP contribution < -0.4 is 0 Å². The van der Waals surface area contributed by atoms with Gasteiger partial charge < -0.3 is 14.2 Å². The van der Waals surface area contributed by atoms with Gasteiger partial charge in [-0.25, -0.2) is 0 Å². The Hall–Kier alpha value is -1.43. The van der Waals surface area contributed by atoms with Crippen molar-refractivity contribution in [2.45, 2.75) is 64.2 Å². The highest BCUT2D eigenvalue weighted by Crippen LogP contribution is 2.27. The minimum absolute atomic E-state index is 0.187. The Balaban J connectivity index is 1.39. The molecule has 3 rings (SSSR count). The number of carbonyl (C=O) groups excluding carboxylic acids is 1. The molecule has 6 heteroatoms. The van der Waals surface area contributed by atoms with Crippen LogP contribution in [-0.2, 0) is 16.0 Å². The van der Waals surface area contributed by atoms with Crippen molar-refractivity contribution in [2.75, 3.05) is 26.3 Å². The summed E-state index contributed by atoms with van der Waals surface area (Å²) in [6, 6.07) is 0. The van der Waals surface area contributed by atoms with Gasteiger partial charge in [0, 0.05) is 32.5 Å². The molecule has 1 aromatic rings. The molecule has 2 heterocycles. The summed E-state index contributed by atoms with van der Waals surface area (Å²) in [7, 11) is 0. The fourth-order valence-corrected chi connectivity index (χ4v) is 3.69. The fraction of sp³-hybridized carbons (Fsp3) is 0.833. The summed E-state index contributed by atoms with van der Waals surface area (Å²) in [4.78, 5) is 18.4. The Morgan fingerprint density at radius 3 is 2.96 bits per heavy atom. The van der Waals surface area contributed by atoms with E-state index in [2.05, 4.69) is 10.1 Å². The molecule has 24 heavy (non-hydrogen) atoms. The highest BCUT2D eigenvalue weighted by atomic mass is 16.5. The van der Waals surface area contributed by atoms with E-state index in [-0.39, 0.29) is 11.8 Å². The maximum atomic E-state index is 12.0. The highest BCUT2D eigenvalue weighted by molar-refractivity contribution is 5.76. The molecule has 1 saturated heterocycles. The van der Waals surface area contributed by atoms with Crippen LogP contribution in [0, 0.1) is 5.92 Å². The molecule has 1 unspecified atom stereocenters. The Morgan fingerprint density at radius 2 is 2.17 bits per heavy atom. The number of aromatic nitrogens is 2. The van der Waals surface area contributed by atoms with Gasteiger partial charge in [0.25, 0.3) is 0 Å². The normalized spacial score (nSPS) is 21.7. The number of likely N-dealkylation sites (tertiary alicyclic amines) is 1. The first-order valence-electron chi connectivity index (χ1n) is 9.44. The molecule has 134 valence electrons. The number of rotatable bonds is 8. The summed E-state index contributed by atoms with van der Waals surface area (Å²) >= 11 is 0. The first kappa shape index (κ1) is 17.4. The average Bonchev–Trinajstić information content (AvgIpc) is 3.31. The van der Waals surface area contributed by atoms with E-state index in [1.807, 2.05) is 11.8 Å². The molecular weight excluding hydrogens is 306 g/mol. The van der Waals surface area contributed by atoms with E-state index in [0.717, 1.165) is 37.7 Å². The zero-order valence-electron chi connectivity index (χ0n) is 14.7. The van der Waals surface area contributed by atoms with Gasteiger partial charge in [-0.2, -0.15) is 4.98 Å². The van der Waals surface area contributed by atoms with Gasteiger partial charge in [-0.05, 0) is 31.6 Å². The summed E-state index contributed by atoms with van der Waals surface area (Å²) in [5.41, 5.74) is 0. The molecule has 1 atom stereocenters.